The zero-order chi connectivity index (χ0) is 20.9. The van der Waals surface area contributed by atoms with Crippen molar-refractivity contribution >= 4 is 35.2 Å². The van der Waals surface area contributed by atoms with E-state index in [1.165, 1.54) is 0 Å². The zero-order valence-electron chi connectivity index (χ0n) is 17.0. The summed E-state index contributed by atoms with van der Waals surface area (Å²) in [6, 6.07) is 15.4. The molecule has 154 valence electrons. The third kappa shape index (κ3) is 5.51. The summed E-state index contributed by atoms with van der Waals surface area (Å²) in [6.07, 6.45) is 2.63. The van der Waals surface area contributed by atoms with Crippen LogP contribution in [0.25, 0.3) is 0 Å². The van der Waals surface area contributed by atoms with Crippen LogP contribution in [0.15, 0.2) is 53.7 Å². The van der Waals surface area contributed by atoms with Crippen LogP contribution in [0.3, 0.4) is 0 Å². The molecule has 29 heavy (non-hydrogen) atoms. The molecule has 3 rings (SSSR count). The van der Waals surface area contributed by atoms with Crippen LogP contribution >= 0.6 is 11.6 Å². The van der Waals surface area contributed by atoms with E-state index in [1.807, 2.05) is 63.2 Å². The number of carbonyl (C=O) groups is 1. The molecule has 0 aromatic heterocycles. The molecule has 0 aliphatic heterocycles. The maximum Gasteiger partial charge on any atom is 0.310 e. The van der Waals surface area contributed by atoms with Gasteiger partial charge in [0.2, 0.25) is 0 Å². The molecule has 2 aromatic rings. The SMILES string of the molecule is CCCON=CC1C(C(=O)OCc2cc(Cl)cc(Nc3ccccc3)c2)C1(C)C. The highest BCUT2D eigenvalue weighted by Gasteiger charge is 2.62. The molecule has 2 aromatic carbocycles. The van der Waals surface area contributed by atoms with E-state index in [-0.39, 0.29) is 29.8 Å². The lowest BCUT2D eigenvalue weighted by molar-refractivity contribution is -0.147. The van der Waals surface area contributed by atoms with Crippen LogP contribution in [-0.2, 0) is 21.0 Å². The Bertz CT molecular complexity index is 868. The first-order valence-corrected chi connectivity index (χ1v) is 10.2. The van der Waals surface area contributed by atoms with E-state index in [0.717, 1.165) is 23.4 Å². The molecule has 6 heteroatoms. The quantitative estimate of drug-likeness (QED) is 0.243. The molecule has 1 aliphatic carbocycles. The maximum atomic E-state index is 12.6. The first kappa shape index (κ1) is 21.2. The second-order valence-corrected chi connectivity index (χ2v) is 8.30. The van der Waals surface area contributed by atoms with Gasteiger partial charge < -0.3 is 14.9 Å². The van der Waals surface area contributed by atoms with Crippen molar-refractivity contribution in [1.29, 1.82) is 0 Å². The maximum absolute atomic E-state index is 12.6. The Labute approximate surface area is 177 Å². The number of hydrogen-bond acceptors (Lipinski definition) is 5. The van der Waals surface area contributed by atoms with Crippen LogP contribution in [0.2, 0.25) is 5.02 Å². The Kier molecular flexibility index (Phi) is 6.80. The van der Waals surface area contributed by atoms with Crippen molar-refractivity contribution in [3.05, 3.63) is 59.1 Å². The number of benzene rings is 2. The van der Waals surface area contributed by atoms with Crippen LogP contribution in [0.4, 0.5) is 11.4 Å². The van der Waals surface area contributed by atoms with Gasteiger partial charge in [-0.25, -0.2) is 0 Å². The van der Waals surface area contributed by atoms with Crippen LogP contribution in [0.5, 0.6) is 0 Å². The minimum Gasteiger partial charge on any atom is -0.461 e. The molecule has 0 spiro atoms. The molecule has 1 fully saturated rings. The topological polar surface area (TPSA) is 59.9 Å². The number of hydrogen-bond donors (Lipinski definition) is 1. The number of halogens is 1. The first-order valence-electron chi connectivity index (χ1n) is 9.85. The van der Waals surface area contributed by atoms with E-state index in [1.54, 1.807) is 12.3 Å². The van der Waals surface area contributed by atoms with E-state index in [0.29, 0.717) is 11.6 Å². The third-order valence-corrected chi connectivity index (χ3v) is 5.38. The van der Waals surface area contributed by atoms with Gasteiger partial charge in [-0.15, -0.1) is 0 Å². The number of ether oxygens (including phenoxy) is 1. The van der Waals surface area contributed by atoms with Gasteiger partial charge in [-0.2, -0.15) is 0 Å². The van der Waals surface area contributed by atoms with Crippen molar-refractivity contribution < 1.29 is 14.4 Å². The summed E-state index contributed by atoms with van der Waals surface area (Å²) >= 11 is 6.25. The summed E-state index contributed by atoms with van der Waals surface area (Å²) < 4.78 is 5.58. The molecular formula is C23H27ClN2O3. The Morgan fingerprint density at radius 2 is 1.97 bits per heavy atom. The molecule has 0 heterocycles. The van der Waals surface area contributed by atoms with Gasteiger partial charge >= 0.3 is 5.97 Å². The normalized spacial score (nSPS) is 19.7. The van der Waals surface area contributed by atoms with E-state index in [2.05, 4.69) is 10.5 Å². The largest absolute Gasteiger partial charge is 0.461 e. The highest BCUT2D eigenvalue weighted by molar-refractivity contribution is 6.31. The van der Waals surface area contributed by atoms with E-state index in [9.17, 15) is 4.79 Å². The Morgan fingerprint density at radius 1 is 1.21 bits per heavy atom. The fraction of sp³-hybridized carbons (Fsp3) is 0.391. The van der Waals surface area contributed by atoms with Gasteiger partial charge in [0.1, 0.15) is 13.2 Å². The average molecular weight is 415 g/mol. The predicted octanol–water partition coefficient (Wildman–Crippen LogP) is 5.81. The van der Waals surface area contributed by atoms with Crippen molar-refractivity contribution in [2.75, 3.05) is 11.9 Å². The smallest absolute Gasteiger partial charge is 0.310 e. The van der Waals surface area contributed by atoms with Crippen molar-refractivity contribution in [3.8, 4) is 0 Å². The van der Waals surface area contributed by atoms with Crippen LogP contribution in [0.1, 0.15) is 32.8 Å². The fourth-order valence-electron chi connectivity index (χ4n) is 3.40. The molecule has 2 unspecified atom stereocenters. The second kappa shape index (κ2) is 9.31. The molecule has 2 atom stereocenters. The Morgan fingerprint density at radius 3 is 2.69 bits per heavy atom. The Hall–Kier alpha value is -2.53. The molecule has 0 amide bonds. The standard InChI is InChI=1S/C23H27ClN2O3/c1-4-10-29-25-14-20-21(23(20,2)3)22(27)28-15-16-11-17(24)13-19(12-16)26-18-8-6-5-7-9-18/h5-9,11-14,20-21,26H,4,10,15H2,1-3H3. The second-order valence-electron chi connectivity index (χ2n) is 7.86. The number of oxime groups is 1. The molecule has 1 N–H and O–H groups in total. The molecule has 0 radical (unpaired) electrons. The number of para-hydroxylation sites is 1. The van der Waals surface area contributed by atoms with Gasteiger partial charge in [0, 0.05) is 28.5 Å². The lowest BCUT2D eigenvalue weighted by atomic mass is 10.1. The summed E-state index contributed by atoms with van der Waals surface area (Å²) in [7, 11) is 0. The lowest BCUT2D eigenvalue weighted by Gasteiger charge is -2.10. The fourth-order valence-corrected chi connectivity index (χ4v) is 3.65. The van der Waals surface area contributed by atoms with E-state index in [4.69, 9.17) is 21.2 Å². The van der Waals surface area contributed by atoms with Crippen LogP contribution < -0.4 is 5.32 Å². The summed E-state index contributed by atoms with van der Waals surface area (Å²) in [6.45, 7) is 6.85. The number of carbonyl (C=O) groups excluding carboxylic acids is 1. The first-order chi connectivity index (χ1) is 13.9. The van der Waals surface area contributed by atoms with Crippen LogP contribution in [0, 0.1) is 17.3 Å². The molecule has 1 aliphatic rings. The minimum atomic E-state index is -0.223. The molecule has 0 saturated heterocycles. The van der Waals surface area contributed by atoms with Crippen molar-refractivity contribution in [2.45, 2.75) is 33.8 Å². The van der Waals surface area contributed by atoms with E-state index < -0.39 is 0 Å². The van der Waals surface area contributed by atoms with Crippen molar-refractivity contribution in [2.24, 2.45) is 22.4 Å². The number of anilines is 2. The summed E-state index contributed by atoms with van der Waals surface area (Å²) in [5.41, 5.74) is 2.47. The van der Waals surface area contributed by atoms with Gasteiger partial charge in [-0.1, -0.05) is 55.7 Å². The van der Waals surface area contributed by atoms with Gasteiger partial charge in [-0.05, 0) is 47.7 Å². The highest BCUT2D eigenvalue weighted by atomic mass is 35.5. The van der Waals surface area contributed by atoms with Gasteiger partial charge in [0.15, 0.2) is 0 Å². The monoisotopic (exact) mass is 414 g/mol. The number of esters is 1. The van der Waals surface area contributed by atoms with Crippen LogP contribution in [-0.4, -0.2) is 18.8 Å². The third-order valence-electron chi connectivity index (χ3n) is 5.16. The summed E-state index contributed by atoms with van der Waals surface area (Å²) in [4.78, 5) is 17.7. The minimum absolute atomic E-state index is 0.0292. The summed E-state index contributed by atoms with van der Waals surface area (Å²) in [5.74, 6) is -0.404. The summed E-state index contributed by atoms with van der Waals surface area (Å²) in [5, 5.41) is 7.86. The van der Waals surface area contributed by atoms with Gasteiger partial charge in [-0.3, -0.25) is 4.79 Å². The van der Waals surface area contributed by atoms with Crippen molar-refractivity contribution in [3.63, 3.8) is 0 Å². The average Bonchev–Trinajstić information content (AvgIpc) is 3.24. The molecule has 1 saturated carbocycles. The predicted molar refractivity (Wildman–Crippen MR) is 116 cm³/mol. The number of rotatable bonds is 9. The van der Waals surface area contributed by atoms with E-state index >= 15 is 0 Å². The molecular weight excluding hydrogens is 388 g/mol. The van der Waals surface area contributed by atoms with Gasteiger partial charge in [0.05, 0.1) is 5.92 Å². The highest BCUT2D eigenvalue weighted by Crippen LogP contribution is 2.57. The van der Waals surface area contributed by atoms with Gasteiger partial charge in [0.25, 0.3) is 0 Å². The van der Waals surface area contributed by atoms with Crippen molar-refractivity contribution in [1.82, 2.24) is 0 Å². The lowest BCUT2D eigenvalue weighted by Crippen LogP contribution is -2.11. The number of nitrogens with one attached hydrogen (secondary N) is 1. The Balaban J connectivity index is 1.58. The zero-order valence-corrected chi connectivity index (χ0v) is 17.8. The molecule has 0 bridgehead atoms. The number of nitrogens with zero attached hydrogens (tertiary/aromatic N) is 1. The molecule has 5 nitrogen and oxygen atoms in total.